The molecule has 21 heavy (non-hydrogen) atoms. The first-order chi connectivity index (χ1) is 10.1. The summed E-state index contributed by atoms with van der Waals surface area (Å²) in [4.78, 5) is 24.9. The summed E-state index contributed by atoms with van der Waals surface area (Å²) in [5.74, 6) is 0.363. The Morgan fingerprint density at radius 1 is 1.14 bits per heavy atom. The van der Waals surface area contributed by atoms with Crippen molar-refractivity contribution >= 4 is 12.0 Å². The van der Waals surface area contributed by atoms with E-state index < -0.39 is 5.97 Å². The van der Waals surface area contributed by atoms with Crippen molar-refractivity contribution < 1.29 is 14.7 Å². The highest BCUT2D eigenvalue weighted by atomic mass is 16.4. The molecule has 0 saturated heterocycles. The van der Waals surface area contributed by atoms with Crippen LogP contribution < -0.4 is 5.32 Å². The van der Waals surface area contributed by atoms with Crippen LogP contribution in [0.5, 0.6) is 0 Å². The molecule has 0 aromatic rings. The van der Waals surface area contributed by atoms with Crippen molar-refractivity contribution in [2.24, 2.45) is 11.8 Å². The minimum Gasteiger partial charge on any atom is -0.480 e. The summed E-state index contributed by atoms with van der Waals surface area (Å²) < 4.78 is 0. The van der Waals surface area contributed by atoms with E-state index in [9.17, 15) is 9.59 Å². The lowest BCUT2D eigenvalue weighted by atomic mass is 9.82. The number of nitrogens with zero attached hydrogens (tertiary/aromatic N) is 1. The lowest BCUT2D eigenvalue weighted by Crippen LogP contribution is -2.48. The zero-order valence-electron chi connectivity index (χ0n) is 13.0. The lowest BCUT2D eigenvalue weighted by molar-refractivity contribution is -0.138. The van der Waals surface area contributed by atoms with E-state index in [1.807, 2.05) is 0 Å². The number of carbonyl (C=O) groups is 2. The van der Waals surface area contributed by atoms with E-state index >= 15 is 0 Å². The molecule has 5 heteroatoms. The summed E-state index contributed by atoms with van der Waals surface area (Å²) in [7, 11) is 0. The minimum absolute atomic E-state index is 0.103. The van der Waals surface area contributed by atoms with Gasteiger partial charge in [0.2, 0.25) is 0 Å². The fraction of sp³-hybridized carbons (Fsp3) is 0.875. The number of carbonyl (C=O) groups excluding carboxylic acids is 1. The van der Waals surface area contributed by atoms with E-state index in [1.54, 1.807) is 0 Å². The number of carboxylic acid groups (broad SMARTS) is 1. The normalized spacial score (nSPS) is 26.5. The van der Waals surface area contributed by atoms with Crippen molar-refractivity contribution in [3.05, 3.63) is 0 Å². The van der Waals surface area contributed by atoms with E-state index in [0.717, 1.165) is 31.6 Å². The van der Waals surface area contributed by atoms with Gasteiger partial charge in [0.05, 0.1) is 0 Å². The second kappa shape index (κ2) is 7.66. The van der Waals surface area contributed by atoms with Crippen molar-refractivity contribution in [1.29, 1.82) is 0 Å². The van der Waals surface area contributed by atoms with Gasteiger partial charge >= 0.3 is 12.0 Å². The van der Waals surface area contributed by atoms with Crippen LogP contribution in [0, 0.1) is 11.8 Å². The molecule has 120 valence electrons. The van der Waals surface area contributed by atoms with Crippen LogP contribution in [-0.4, -0.2) is 41.1 Å². The van der Waals surface area contributed by atoms with Crippen molar-refractivity contribution in [3.8, 4) is 0 Å². The number of rotatable bonds is 5. The highest BCUT2D eigenvalue weighted by molar-refractivity contribution is 5.80. The summed E-state index contributed by atoms with van der Waals surface area (Å²) >= 11 is 0. The molecule has 2 aliphatic rings. The molecular weight excluding hydrogens is 268 g/mol. The Morgan fingerprint density at radius 2 is 1.86 bits per heavy atom. The molecule has 2 fully saturated rings. The third kappa shape index (κ3) is 4.90. The Morgan fingerprint density at radius 3 is 2.48 bits per heavy atom. The van der Waals surface area contributed by atoms with Crippen LogP contribution in [0.25, 0.3) is 0 Å². The lowest BCUT2D eigenvalue weighted by Gasteiger charge is -2.30. The second-order valence-corrected chi connectivity index (χ2v) is 6.78. The maximum absolute atomic E-state index is 12.3. The van der Waals surface area contributed by atoms with Gasteiger partial charge in [0, 0.05) is 12.6 Å². The smallest absolute Gasteiger partial charge is 0.323 e. The Bertz CT molecular complexity index is 367. The molecule has 0 radical (unpaired) electrons. The fourth-order valence-corrected chi connectivity index (χ4v) is 3.81. The minimum atomic E-state index is -0.927. The van der Waals surface area contributed by atoms with Gasteiger partial charge in [-0.1, -0.05) is 32.6 Å². The van der Waals surface area contributed by atoms with Crippen LogP contribution in [0.1, 0.15) is 58.3 Å². The zero-order valence-corrected chi connectivity index (χ0v) is 13.0. The van der Waals surface area contributed by atoms with Gasteiger partial charge in [-0.25, -0.2) is 4.79 Å². The standard InChI is InChI=1S/C16H28N2O3/c1-12-5-4-6-13(9-12)10-17-16(21)18(11-15(19)20)14-7-2-3-8-14/h12-14H,2-11H2,1H3,(H,17,21)(H,19,20). The molecule has 2 amide bonds. The average Bonchev–Trinajstić information content (AvgIpc) is 2.96. The highest BCUT2D eigenvalue weighted by Crippen LogP contribution is 2.28. The number of hydrogen-bond donors (Lipinski definition) is 2. The SMILES string of the molecule is CC1CCCC(CNC(=O)N(CC(=O)O)C2CCCC2)C1. The summed E-state index contributed by atoms with van der Waals surface area (Å²) in [6.45, 7) is 2.77. The predicted molar refractivity (Wildman–Crippen MR) is 81.1 cm³/mol. The Balaban J connectivity index is 1.84. The molecule has 0 spiro atoms. The predicted octanol–water partition coefficient (Wildman–Crippen LogP) is 2.85. The van der Waals surface area contributed by atoms with Gasteiger partial charge in [0.15, 0.2) is 0 Å². The van der Waals surface area contributed by atoms with E-state index in [0.29, 0.717) is 12.5 Å². The molecule has 0 bridgehead atoms. The van der Waals surface area contributed by atoms with E-state index in [1.165, 1.54) is 30.6 Å². The van der Waals surface area contributed by atoms with Crippen molar-refractivity contribution in [2.75, 3.05) is 13.1 Å². The van der Waals surface area contributed by atoms with Gasteiger partial charge in [-0.05, 0) is 37.5 Å². The molecule has 0 aliphatic heterocycles. The second-order valence-electron chi connectivity index (χ2n) is 6.78. The van der Waals surface area contributed by atoms with Gasteiger partial charge in [0.1, 0.15) is 6.54 Å². The molecule has 0 heterocycles. The molecule has 2 N–H and O–H groups in total. The highest BCUT2D eigenvalue weighted by Gasteiger charge is 2.29. The Labute approximate surface area is 127 Å². The molecule has 2 rings (SSSR count). The van der Waals surface area contributed by atoms with Gasteiger partial charge in [-0.15, -0.1) is 0 Å². The molecule has 2 aliphatic carbocycles. The fourth-order valence-electron chi connectivity index (χ4n) is 3.81. The number of aliphatic carboxylic acids is 1. The quantitative estimate of drug-likeness (QED) is 0.819. The van der Waals surface area contributed by atoms with Crippen LogP contribution in [0.2, 0.25) is 0 Å². The Hall–Kier alpha value is -1.26. The molecule has 2 atom stereocenters. The third-order valence-electron chi connectivity index (χ3n) is 4.92. The molecular formula is C16H28N2O3. The molecule has 0 aromatic carbocycles. The first-order valence-electron chi connectivity index (χ1n) is 8.32. The maximum Gasteiger partial charge on any atom is 0.323 e. The van der Waals surface area contributed by atoms with Gasteiger partial charge in [-0.3, -0.25) is 4.79 Å². The maximum atomic E-state index is 12.3. The summed E-state index contributed by atoms with van der Waals surface area (Å²) in [5.41, 5.74) is 0. The molecule has 0 aromatic heterocycles. The number of hydrogen-bond acceptors (Lipinski definition) is 2. The first-order valence-corrected chi connectivity index (χ1v) is 8.32. The summed E-state index contributed by atoms with van der Waals surface area (Å²) in [6.07, 6.45) is 8.92. The zero-order chi connectivity index (χ0) is 15.2. The number of urea groups is 1. The van der Waals surface area contributed by atoms with Crippen molar-refractivity contribution in [1.82, 2.24) is 10.2 Å². The van der Waals surface area contributed by atoms with Gasteiger partial charge < -0.3 is 15.3 Å². The van der Waals surface area contributed by atoms with Crippen LogP contribution in [0.3, 0.4) is 0 Å². The van der Waals surface area contributed by atoms with Crippen LogP contribution in [0.4, 0.5) is 4.79 Å². The van der Waals surface area contributed by atoms with Gasteiger partial charge in [0.25, 0.3) is 0 Å². The third-order valence-corrected chi connectivity index (χ3v) is 4.92. The number of amides is 2. The first kappa shape index (κ1) is 16.1. The van der Waals surface area contributed by atoms with Crippen molar-refractivity contribution in [3.63, 3.8) is 0 Å². The largest absolute Gasteiger partial charge is 0.480 e. The molecule has 2 unspecified atom stereocenters. The van der Waals surface area contributed by atoms with E-state index in [4.69, 9.17) is 5.11 Å². The Kier molecular flexibility index (Phi) is 5.88. The van der Waals surface area contributed by atoms with Crippen LogP contribution >= 0.6 is 0 Å². The monoisotopic (exact) mass is 296 g/mol. The number of nitrogens with one attached hydrogen (secondary N) is 1. The molecule has 2 saturated carbocycles. The van der Waals surface area contributed by atoms with E-state index in [-0.39, 0.29) is 18.6 Å². The number of carboxylic acids is 1. The average molecular weight is 296 g/mol. The molecule has 5 nitrogen and oxygen atoms in total. The van der Waals surface area contributed by atoms with Crippen LogP contribution in [0.15, 0.2) is 0 Å². The van der Waals surface area contributed by atoms with Gasteiger partial charge in [-0.2, -0.15) is 0 Å². The summed E-state index contributed by atoms with van der Waals surface area (Å²) in [5, 5.41) is 12.0. The topological polar surface area (TPSA) is 69.6 Å². The van der Waals surface area contributed by atoms with E-state index in [2.05, 4.69) is 12.2 Å². The van der Waals surface area contributed by atoms with Crippen LogP contribution in [-0.2, 0) is 4.79 Å². The van der Waals surface area contributed by atoms with Crippen molar-refractivity contribution in [2.45, 2.75) is 64.3 Å². The summed E-state index contributed by atoms with van der Waals surface area (Å²) in [6, 6.07) is -0.0890.